The molecule has 12 nitrogen and oxygen atoms in total. The van der Waals surface area contributed by atoms with Crippen LogP contribution >= 0.6 is 0 Å². The van der Waals surface area contributed by atoms with Gasteiger partial charge in [-0.05, 0) is 86.7 Å². The number of rotatable bonds is 12. The fourth-order valence-electron chi connectivity index (χ4n) is 7.76. The van der Waals surface area contributed by atoms with E-state index in [0.29, 0.717) is 5.82 Å². The predicted molar refractivity (Wildman–Crippen MR) is 209 cm³/mol. The molecule has 1 aliphatic heterocycles. The lowest BCUT2D eigenvalue weighted by atomic mass is 9.71. The van der Waals surface area contributed by atoms with Crippen molar-refractivity contribution in [1.29, 1.82) is 0 Å². The highest BCUT2D eigenvalue weighted by atomic mass is 16.5. The molecule has 1 fully saturated rings. The van der Waals surface area contributed by atoms with Gasteiger partial charge < -0.3 is 30.2 Å². The average Bonchev–Trinajstić information content (AvgIpc) is 3.96. The number of hydrogen-bond acceptors (Lipinski definition) is 7. The summed E-state index contributed by atoms with van der Waals surface area (Å²) in [5, 5.41) is 5.55. The minimum absolute atomic E-state index is 0.0126. The molecule has 3 amide bonds. The van der Waals surface area contributed by atoms with Crippen molar-refractivity contribution in [3.63, 3.8) is 0 Å². The van der Waals surface area contributed by atoms with Gasteiger partial charge in [0.15, 0.2) is 0 Å². The maximum atomic E-state index is 13.9. The molecule has 54 heavy (non-hydrogen) atoms. The van der Waals surface area contributed by atoms with Crippen LogP contribution in [-0.2, 0) is 19.7 Å². The molecule has 0 bridgehead atoms. The largest absolute Gasteiger partial charge is 0.453 e. The molecule has 4 aromatic rings. The summed E-state index contributed by atoms with van der Waals surface area (Å²) in [5.41, 5.74) is 6.43. The monoisotopic (exact) mass is 734 g/mol. The lowest BCUT2D eigenvalue weighted by Gasteiger charge is -2.33. The summed E-state index contributed by atoms with van der Waals surface area (Å²) in [6.45, 7) is 8.63. The summed E-state index contributed by atoms with van der Waals surface area (Å²) in [4.78, 5) is 58.9. The number of hydrogen-bond donors (Lipinski definition) is 4. The Morgan fingerprint density at radius 2 is 1.69 bits per heavy atom. The van der Waals surface area contributed by atoms with E-state index in [1.807, 2.05) is 81.2 Å². The Labute approximate surface area is 318 Å². The van der Waals surface area contributed by atoms with Crippen LogP contribution in [0.1, 0.15) is 106 Å². The zero-order chi connectivity index (χ0) is 38.6. The Morgan fingerprint density at radius 1 is 0.963 bits per heavy atom. The van der Waals surface area contributed by atoms with Gasteiger partial charge in [0, 0.05) is 6.54 Å². The lowest BCUT2D eigenvalue weighted by Crippen LogP contribution is -2.50. The number of aromatic nitrogens is 4. The first-order valence-electron chi connectivity index (χ1n) is 19.0. The first-order chi connectivity index (χ1) is 25.9. The van der Waals surface area contributed by atoms with E-state index in [9.17, 15) is 14.4 Å². The fourth-order valence-corrected chi connectivity index (χ4v) is 7.76. The molecule has 3 heterocycles. The number of imidazole rings is 2. The van der Waals surface area contributed by atoms with E-state index < -0.39 is 18.2 Å². The van der Waals surface area contributed by atoms with Gasteiger partial charge in [0.05, 0.1) is 43.0 Å². The summed E-state index contributed by atoms with van der Waals surface area (Å²) in [7, 11) is 5.19. The van der Waals surface area contributed by atoms with Gasteiger partial charge in [0.25, 0.3) is 0 Å². The molecular weight excluding hydrogens is 681 g/mol. The Morgan fingerprint density at radius 3 is 2.33 bits per heavy atom. The van der Waals surface area contributed by atoms with Crippen LogP contribution in [0.4, 0.5) is 4.79 Å². The molecule has 0 spiro atoms. The SMILES string of the molecule is COC(=O)N[C@H](C(=O)N[C@@H](C)c1ncc(-c2ccc(C3(C)CC=C(c4cnc([C@@H]5CCCN5C(=O)[C@@H](c5ccccc5)N(C)C)[nH]4)CC3)cc2)[nH]1)C(C)C. The lowest BCUT2D eigenvalue weighted by molar-refractivity contribution is -0.137. The molecule has 286 valence electrons. The van der Waals surface area contributed by atoms with Crippen molar-refractivity contribution in [2.24, 2.45) is 5.92 Å². The Hall–Kier alpha value is -5.23. The third-order valence-electron chi connectivity index (χ3n) is 11.1. The highest BCUT2D eigenvalue weighted by Gasteiger charge is 2.37. The van der Waals surface area contributed by atoms with Crippen LogP contribution in [0.2, 0.25) is 0 Å². The second-order valence-electron chi connectivity index (χ2n) is 15.5. The molecule has 5 atom stereocenters. The maximum Gasteiger partial charge on any atom is 0.407 e. The van der Waals surface area contributed by atoms with E-state index in [1.165, 1.54) is 18.2 Å². The van der Waals surface area contributed by atoms with Crippen LogP contribution in [0, 0.1) is 5.92 Å². The van der Waals surface area contributed by atoms with Crippen LogP contribution in [-0.4, -0.2) is 81.4 Å². The van der Waals surface area contributed by atoms with Gasteiger partial charge in [-0.1, -0.05) is 81.4 Å². The Kier molecular flexibility index (Phi) is 11.7. The number of carbonyl (C=O) groups is 3. The number of allylic oxidation sites excluding steroid dienone is 2. The molecule has 0 saturated carbocycles. The Bertz CT molecular complexity index is 1950. The van der Waals surface area contributed by atoms with Crippen molar-refractivity contribution in [1.82, 2.24) is 40.4 Å². The number of nitrogens with zero attached hydrogens (tertiary/aromatic N) is 4. The van der Waals surface area contributed by atoms with Crippen molar-refractivity contribution >= 4 is 23.5 Å². The van der Waals surface area contributed by atoms with E-state index in [1.54, 1.807) is 6.20 Å². The van der Waals surface area contributed by atoms with Gasteiger partial charge in [-0.25, -0.2) is 14.8 Å². The number of carbonyl (C=O) groups excluding carboxylic acids is 3. The van der Waals surface area contributed by atoms with Crippen molar-refractivity contribution in [3.05, 3.63) is 102 Å². The van der Waals surface area contributed by atoms with Crippen molar-refractivity contribution in [2.45, 2.75) is 89.4 Å². The number of ether oxygens (including phenoxy) is 1. The number of methoxy groups -OCH3 is 1. The smallest absolute Gasteiger partial charge is 0.407 e. The van der Waals surface area contributed by atoms with E-state index in [0.717, 1.165) is 67.0 Å². The third-order valence-corrected chi connectivity index (χ3v) is 11.1. The minimum Gasteiger partial charge on any atom is -0.453 e. The van der Waals surface area contributed by atoms with Gasteiger partial charge >= 0.3 is 6.09 Å². The molecule has 1 saturated heterocycles. The van der Waals surface area contributed by atoms with Crippen LogP contribution in [0.25, 0.3) is 16.8 Å². The van der Waals surface area contributed by atoms with Gasteiger partial charge in [-0.2, -0.15) is 0 Å². The summed E-state index contributed by atoms with van der Waals surface area (Å²) in [6, 6.07) is 17.1. The number of H-pyrrole nitrogens is 2. The predicted octanol–water partition coefficient (Wildman–Crippen LogP) is 6.85. The first kappa shape index (κ1) is 38.5. The topological polar surface area (TPSA) is 148 Å². The summed E-state index contributed by atoms with van der Waals surface area (Å²) in [6.07, 6.45) is 10.1. The highest BCUT2D eigenvalue weighted by Crippen LogP contribution is 2.42. The third kappa shape index (κ3) is 8.28. The minimum atomic E-state index is -0.729. The van der Waals surface area contributed by atoms with E-state index in [-0.39, 0.29) is 35.2 Å². The van der Waals surface area contributed by atoms with E-state index in [2.05, 4.69) is 67.6 Å². The van der Waals surface area contributed by atoms with Gasteiger partial charge in [0.1, 0.15) is 23.7 Å². The maximum absolute atomic E-state index is 13.9. The van der Waals surface area contributed by atoms with Crippen LogP contribution in [0.15, 0.2) is 73.1 Å². The van der Waals surface area contributed by atoms with Gasteiger partial charge in [-0.3, -0.25) is 14.5 Å². The second-order valence-corrected chi connectivity index (χ2v) is 15.5. The standard InChI is InChI=1S/C42H54N8O4/c1-26(2)35(48-41(53)54-7)39(51)45-27(3)37-43-24-32(46-37)28-15-17-31(18-16-28)42(4)21-19-29(20-22-42)33-25-44-38(47-33)34-14-11-23-50(34)40(52)36(49(5)6)30-12-9-8-10-13-30/h8-10,12-13,15-19,24-27,34-36H,11,14,20-23H2,1-7H3,(H,43,46)(H,44,47)(H,45,51)(H,48,53)/t27-,34-,35-,36+,42?/m0/s1. The number of amides is 3. The quantitative estimate of drug-likeness (QED) is 0.124. The number of benzene rings is 2. The van der Waals surface area contributed by atoms with Crippen LogP contribution in [0.5, 0.6) is 0 Å². The second kappa shape index (κ2) is 16.4. The average molecular weight is 735 g/mol. The van der Waals surface area contributed by atoms with Crippen molar-refractivity contribution in [3.8, 4) is 11.3 Å². The molecule has 2 aromatic heterocycles. The zero-order valence-electron chi connectivity index (χ0n) is 32.5. The number of alkyl carbamates (subject to hydrolysis) is 1. The molecule has 1 unspecified atom stereocenters. The number of nitrogens with one attached hydrogen (secondary N) is 4. The first-order valence-corrected chi connectivity index (χ1v) is 19.0. The Balaban J connectivity index is 1.08. The molecule has 2 aromatic carbocycles. The van der Waals surface area contributed by atoms with Gasteiger partial charge in [-0.15, -0.1) is 0 Å². The molecule has 6 rings (SSSR count). The van der Waals surface area contributed by atoms with Crippen molar-refractivity contribution in [2.75, 3.05) is 27.7 Å². The van der Waals surface area contributed by atoms with Gasteiger partial charge in [0.2, 0.25) is 11.8 Å². The number of aromatic amines is 2. The zero-order valence-corrected chi connectivity index (χ0v) is 32.5. The summed E-state index contributed by atoms with van der Waals surface area (Å²) < 4.78 is 4.68. The molecule has 12 heteroatoms. The highest BCUT2D eigenvalue weighted by molar-refractivity contribution is 5.86. The molecule has 2 aliphatic rings. The molecule has 1 aliphatic carbocycles. The summed E-state index contributed by atoms with van der Waals surface area (Å²) >= 11 is 0. The van der Waals surface area contributed by atoms with Crippen molar-refractivity contribution < 1.29 is 19.1 Å². The molecular formula is C42H54N8O4. The van der Waals surface area contributed by atoms with Crippen LogP contribution < -0.4 is 10.6 Å². The number of likely N-dealkylation sites (N-methyl/N-ethyl adjacent to an activating group) is 1. The van der Waals surface area contributed by atoms with Crippen LogP contribution in [0.3, 0.4) is 0 Å². The van der Waals surface area contributed by atoms with E-state index in [4.69, 9.17) is 4.98 Å². The molecule has 4 N–H and O–H groups in total. The molecule has 0 radical (unpaired) electrons. The normalized spacial score (nSPS) is 20.4. The number of likely N-dealkylation sites (tertiary alicyclic amines) is 1. The fraction of sp³-hybridized carbons (Fsp3) is 0.452. The van der Waals surface area contributed by atoms with E-state index >= 15 is 0 Å². The summed E-state index contributed by atoms with van der Waals surface area (Å²) in [5.74, 6) is 1.17.